The van der Waals surface area contributed by atoms with Crippen LogP contribution < -0.4 is 5.32 Å². The molecule has 0 fully saturated rings. The van der Waals surface area contributed by atoms with Gasteiger partial charge in [0.1, 0.15) is 5.92 Å². The largest absolute Gasteiger partial charge is 0.481 e. The van der Waals surface area contributed by atoms with Crippen molar-refractivity contribution in [3.05, 3.63) is 29.8 Å². The number of carboxylic acid groups (broad SMARTS) is 1. The zero-order valence-corrected chi connectivity index (χ0v) is 10.9. The number of aliphatic carboxylic acids is 1. The summed E-state index contributed by atoms with van der Waals surface area (Å²) in [6.07, 6.45) is 1.06. The van der Waals surface area contributed by atoms with E-state index in [4.69, 9.17) is 5.11 Å². The number of hydrogen-bond donors (Lipinski definition) is 2. The molecule has 2 atom stereocenters. The predicted octanol–water partition coefficient (Wildman–Crippen LogP) is 2.86. The predicted molar refractivity (Wildman–Crippen MR) is 70.6 cm³/mol. The van der Waals surface area contributed by atoms with E-state index in [2.05, 4.69) is 19.2 Å². The zero-order valence-electron chi connectivity index (χ0n) is 10.9. The van der Waals surface area contributed by atoms with Crippen LogP contribution in [0.15, 0.2) is 24.3 Å². The van der Waals surface area contributed by atoms with Gasteiger partial charge < -0.3 is 10.4 Å². The summed E-state index contributed by atoms with van der Waals surface area (Å²) in [6, 6.07) is 7.51. The van der Waals surface area contributed by atoms with Crippen LogP contribution in [0, 0.1) is 5.92 Å². The molecule has 1 amide bonds. The number of carboxylic acids is 1. The lowest BCUT2D eigenvalue weighted by atomic mass is 9.98. The Bertz CT molecular complexity index is 425. The van der Waals surface area contributed by atoms with Crippen LogP contribution >= 0.6 is 0 Å². The molecule has 1 aromatic carbocycles. The summed E-state index contributed by atoms with van der Waals surface area (Å²) in [7, 11) is 0. The van der Waals surface area contributed by atoms with E-state index in [1.165, 1.54) is 12.5 Å². The fraction of sp³-hybridized carbons (Fsp3) is 0.429. The Morgan fingerprint density at radius 1 is 1.22 bits per heavy atom. The Morgan fingerprint density at radius 3 is 2.22 bits per heavy atom. The lowest BCUT2D eigenvalue weighted by molar-refractivity contribution is -0.144. The maximum atomic E-state index is 11.5. The standard InChI is InChI=1S/C14H19NO3/c1-4-9(2)11-5-7-12(8-6-11)15-13(16)10(3)14(17)18/h5-10H,4H2,1-3H3,(H,15,16)(H,17,18). The first-order valence-corrected chi connectivity index (χ1v) is 6.09. The van der Waals surface area contributed by atoms with Gasteiger partial charge in [0.25, 0.3) is 0 Å². The Labute approximate surface area is 107 Å². The van der Waals surface area contributed by atoms with Crippen LogP contribution in [-0.2, 0) is 9.59 Å². The highest BCUT2D eigenvalue weighted by Crippen LogP contribution is 2.20. The SMILES string of the molecule is CCC(C)c1ccc(NC(=O)C(C)C(=O)O)cc1. The van der Waals surface area contributed by atoms with Crippen molar-refractivity contribution < 1.29 is 14.7 Å². The molecule has 0 aromatic heterocycles. The van der Waals surface area contributed by atoms with Gasteiger partial charge in [-0.2, -0.15) is 0 Å². The van der Waals surface area contributed by atoms with Crippen LogP contribution in [0.5, 0.6) is 0 Å². The van der Waals surface area contributed by atoms with E-state index in [0.717, 1.165) is 6.42 Å². The van der Waals surface area contributed by atoms with Gasteiger partial charge in [-0.05, 0) is 37.0 Å². The monoisotopic (exact) mass is 249 g/mol. The van der Waals surface area contributed by atoms with Crippen molar-refractivity contribution >= 4 is 17.6 Å². The Kier molecular flexibility index (Phi) is 4.89. The van der Waals surface area contributed by atoms with Gasteiger partial charge in [-0.1, -0.05) is 26.0 Å². The second-order valence-corrected chi connectivity index (χ2v) is 4.48. The first-order chi connectivity index (χ1) is 8.45. The number of nitrogens with one attached hydrogen (secondary N) is 1. The molecule has 2 N–H and O–H groups in total. The second kappa shape index (κ2) is 6.19. The van der Waals surface area contributed by atoms with E-state index in [9.17, 15) is 9.59 Å². The molecule has 4 heteroatoms. The summed E-state index contributed by atoms with van der Waals surface area (Å²) in [5.41, 5.74) is 1.84. The minimum absolute atomic E-state index is 0.479. The Hall–Kier alpha value is -1.84. The van der Waals surface area contributed by atoms with Crippen molar-refractivity contribution in [3.63, 3.8) is 0 Å². The molecule has 0 radical (unpaired) electrons. The summed E-state index contributed by atoms with van der Waals surface area (Å²) in [4.78, 5) is 22.2. The van der Waals surface area contributed by atoms with Gasteiger partial charge in [0.2, 0.25) is 5.91 Å². The van der Waals surface area contributed by atoms with Gasteiger partial charge in [0, 0.05) is 5.69 Å². The van der Waals surface area contributed by atoms with Crippen LogP contribution in [0.25, 0.3) is 0 Å². The third-order valence-electron chi connectivity index (χ3n) is 3.12. The molecule has 18 heavy (non-hydrogen) atoms. The highest BCUT2D eigenvalue weighted by Gasteiger charge is 2.20. The molecule has 0 aliphatic heterocycles. The minimum atomic E-state index is -1.12. The van der Waals surface area contributed by atoms with Crippen molar-refractivity contribution in [1.82, 2.24) is 0 Å². The molecule has 1 rings (SSSR count). The van der Waals surface area contributed by atoms with Gasteiger partial charge in [-0.25, -0.2) is 0 Å². The summed E-state index contributed by atoms with van der Waals surface area (Å²) in [5, 5.41) is 11.3. The van der Waals surface area contributed by atoms with Crippen LogP contribution in [0.1, 0.15) is 38.7 Å². The number of hydrogen-bond acceptors (Lipinski definition) is 2. The van der Waals surface area contributed by atoms with E-state index in [1.807, 2.05) is 12.1 Å². The fourth-order valence-electron chi connectivity index (χ4n) is 1.49. The summed E-state index contributed by atoms with van der Waals surface area (Å²) in [5.74, 6) is -2.19. The van der Waals surface area contributed by atoms with E-state index >= 15 is 0 Å². The van der Waals surface area contributed by atoms with Crippen LogP contribution in [-0.4, -0.2) is 17.0 Å². The fourth-order valence-corrected chi connectivity index (χ4v) is 1.49. The van der Waals surface area contributed by atoms with Crippen LogP contribution in [0.4, 0.5) is 5.69 Å². The molecule has 0 aliphatic rings. The minimum Gasteiger partial charge on any atom is -0.481 e. The highest BCUT2D eigenvalue weighted by molar-refractivity contribution is 6.03. The topological polar surface area (TPSA) is 66.4 Å². The zero-order chi connectivity index (χ0) is 13.7. The molecule has 0 saturated carbocycles. The first-order valence-electron chi connectivity index (χ1n) is 6.09. The van der Waals surface area contributed by atoms with E-state index < -0.39 is 17.8 Å². The summed E-state index contributed by atoms with van der Waals surface area (Å²) >= 11 is 0. The number of benzene rings is 1. The third kappa shape index (κ3) is 3.58. The van der Waals surface area contributed by atoms with Gasteiger partial charge in [-0.15, -0.1) is 0 Å². The average molecular weight is 249 g/mol. The van der Waals surface area contributed by atoms with Gasteiger partial charge >= 0.3 is 5.97 Å². The smallest absolute Gasteiger partial charge is 0.315 e. The maximum Gasteiger partial charge on any atom is 0.315 e. The van der Waals surface area contributed by atoms with Crippen molar-refractivity contribution in [3.8, 4) is 0 Å². The molecule has 1 aromatic rings. The average Bonchev–Trinajstić information content (AvgIpc) is 2.37. The molecule has 0 spiro atoms. The number of carbonyl (C=O) groups is 2. The molecule has 0 heterocycles. The number of rotatable bonds is 5. The molecule has 98 valence electrons. The number of anilines is 1. The summed E-state index contributed by atoms with van der Waals surface area (Å²) in [6.45, 7) is 5.63. The molecule has 2 unspecified atom stereocenters. The maximum absolute atomic E-state index is 11.5. The summed E-state index contributed by atoms with van der Waals surface area (Å²) < 4.78 is 0. The van der Waals surface area contributed by atoms with E-state index in [-0.39, 0.29) is 0 Å². The number of carbonyl (C=O) groups excluding carboxylic acids is 1. The van der Waals surface area contributed by atoms with Crippen LogP contribution in [0.2, 0.25) is 0 Å². The first kappa shape index (κ1) is 14.2. The van der Waals surface area contributed by atoms with Crippen molar-refractivity contribution in [2.24, 2.45) is 5.92 Å². The van der Waals surface area contributed by atoms with Gasteiger partial charge in [0.05, 0.1) is 0 Å². The molecular formula is C14H19NO3. The lowest BCUT2D eigenvalue weighted by Gasteiger charge is -2.11. The highest BCUT2D eigenvalue weighted by atomic mass is 16.4. The number of amides is 1. The third-order valence-corrected chi connectivity index (χ3v) is 3.12. The normalized spacial score (nSPS) is 13.7. The Balaban J connectivity index is 2.69. The van der Waals surface area contributed by atoms with E-state index in [1.54, 1.807) is 12.1 Å². The van der Waals surface area contributed by atoms with Crippen molar-refractivity contribution in [1.29, 1.82) is 0 Å². The lowest BCUT2D eigenvalue weighted by Crippen LogP contribution is -2.26. The van der Waals surface area contributed by atoms with Crippen LogP contribution in [0.3, 0.4) is 0 Å². The van der Waals surface area contributed by atoms with Gasteiger partial charge in [0.15, 0.2) is 0 Å². The van der Waals surface area contributed by atoms with Crippen molar-refractivity contribution in [2.45, 2.75) is 33.1 Å². The van der Waals surface area contributed by atoms with E-state index in [0.29, 0.717) is 11.6 Å². The quantitative estimate of drug-likeness (QED) is 0.788. The second-order valence-electron chi connectivity index (χ2n) is 4.48. The van der Waals surface area contributed by atoms with Crippen molar-refractivity contribution in [2.75, 3.05) is 5.32 Å². The molecule has 0 bridgehead atoms. The Morgan fingerprint density at radius 2 is 1.78 bits per heavy atom. The molecule has 0 saturated heterocycles. The molecular weight excluding hydrogens is 230 g/mol. The molecule has 0 aliphatic carbocycles. The molecule has 4 nitrogen and oxygen atoms in total. The van der Waals surface area contributed by atoms with Gasteiger partial charge in [-0.3, -0.25) is 9.59 Å².